The minimum atomic E-state index is -0.531. The van der Waals surface area contributed by atoms with Crippen LogP contribution in [0.3, 0.4) is 0 Å². The minimum absolute atomic E-state index is 0.132. The molecule has 2 amide bonds. The van der Waals surface area contributed by atoms with Gasteiger partial charge in [-0.2, -0.15) is 11.8 Å². The average molecular weight is 245 g/mol. The molecule has 0 aliphatic carbocycles. The largest absolute Gasteiger partial charge is 0.334 e. The molecule has 1 aliphatic heterocycles. The Kier molecular flexibility index (Phi) is 4.79. The van der Waals surface area contributed by atoms with Crippen LogP contribution in [0.4, 0.5) is 0 Å². The topological polar surface area (TPSA) is 63.7 Å². The fraction of sp³-hybridized carbons (Fsp3) is 0.700. The molecular formula is C10H15NO4S. The van der Waals surface area contributed by atoms with Crippen LogP contribution in [0.15, 0.2) is 0 Å². The summed E-state index contributed by atoms with van der Waals surface area (Å²) in [6, 6.07) is 0. The molecule has 1 rings (SSSR count). The van der Waals surface area contributed by atoms with Gasteiger partial charge in [0, 0.05) is 18.6 Å². The van der Waals surface area contributed by atoms with Gasteiger partial charge >= 0.3 is 5.97 Å². The highest BCUT2D eigenvalue weighted by Gasteiger charge is 2.32. The van der Waals surface area contributed by atoms with Crippen molar-refractivity contribution in [1.29, 1.82) is 0 Å². The molecule has 0 spiro atoms. The minimum Gasteiger partial charge on any atom is -0.330 e. The van der Waals surface area contributed by atoms with Crippen LogP contribution in [0.5, 0.6) is 0 Å². The molecule has 0 aromatic carbocycles. The summed E-state index contributed by atoms with van der Waals surface area (Å²) in [6.45, 7) is 4.06. The lowest BCUT2D eigenvalue weighted by atomic mass is 10.4. The highest BCUT2D eigenvalue weighted by Crippen LogP contribution is 2.14. The monoisotopic (exact) mass is 245 g/mol. The highest BCUT2D eigenvalue weighted by atomic mass is 32.2. The molecule has 0 aromatic rings. The van der Waals surface area contributed by atoms with Crippen molar-refractivity contribution >= 4 is 29.5 Å². The van der Waals surface area contributed by atoms with Crippen LogP contribution in [0.2, 0.25) is 0 Å². The third-order valence-electron chi connectivity index (χ3n) is 1.96. The molecule has 1 fully saturated rings. The van der Waals surface area contributed by atoms with E-state index in [1.165, 1.54) is 0 Å². The molecular weight excluding hydrogens is 230 g/mol. The van der Waals surface area contributed by atoms with E-state index in [1.54, 1.807) is 11.8 Å². The summed E-state index contributed by atoms with van der Waals surface area (Å²) < 4.78 is 0. The zero-order valence-electron chi connectivity index (χ0n) is 9.39. The van der Waals surface area contributed by atoms with E-state index in [2.05, 4.69) is 0 Å². The Balaban J connectivity index is 2.28. The van der Waals surface area contributed by atoms with Gasteiger partial charge in [0.05, 0.1) is 6.42 Å². The number of amides is 2. The summed E-state index contributed by atoms with van der Waals surface area (Å²) in [5.41, 5.74) is 0. The number of carbonyl (C=O) groups is 3. The lowest BCUT2D eigenvalue weighted by molar-refractivity contribution is -0.197. The number of nitrogens with zero attached hydrogens (tertiary/aromatic N) is 1. The van der Waals surface area contributed by atoms with Gasteiger partial charge in [0.1, 0.15) is 0 Å². The van der Waals surface area contributed by atoms with Crippen molar-refractivity contribution in [2.45, 2.75) is 38.4 Å². The van der Waals surface area contributed by atoms with Crippen molar-refractivity contribution in [2.24, 2.45) is 0 Å². The summed E-state index contributed by atoms with van der Waals surface area (Å²) in [7, 11) is 0. The van der Waals surface area contributed by atoms with E-state index in [-0.39, 0.29) is 19.3 Å². The maximum atomic E-state index is 11.3. The second-order valence-corrected chi connectivity index (χ2v) is 5.40. The van der Waals surface area contributed by atoms with Gasteiger partial charge in [0.2, 0.25) is 0 Å². The van der Waals surface area contributed by atoms with Crippen molar-refractivity contribution in [2.75, 3.05) is 5.75 Å². The molecule has 0 saturated carbocycles. The number of hydroxylamine groups is 2. The van der Waals surface area contributed by atoms with Crippen molar-refractivity contribution in [1.82, 2.24) is 5.06 Å². The van der Waals surface area contributed by atoms with E-state index in [4.69, 9.17) is 4.84 Å². The molecule has 6 heteroatoms. The van der Waals surface area contributed by atoms with Crippen LogP contribution in [0, 0.1) is 0 Å². The highest BCUT2D eigenvalue weighted by molar-refractivity contribution is 7.99. The Bertz CT molecular complexity index is 287. The molecule has 90 valence electrons. The zero-order valence-corrected chi connectivity index (χ0v) is 10.2. The first-order valence-corrected chi connectivity index (χ1v) is 6.23. The Morgan fingerprint density at radius 2 is 1.94 bits per heavy atom. The van der Waals surface area contributed by atoms with E-state index in [1.807, 2.05) is 13.8 Å². The van der Waals surface area contributed by atoms with Crippen LogP contribution in [0.25, 0.3) is 0 Å². The average Bonchev–Trinajstić information content (AvgIpc) is 2.49. The molecule has 1 aliphatic rings. The predicted octanol–water partition coefficient (Wildman–Crippen LogP) is 1.13. The van der Waals surface area contributed by atoms with Gasteiger partial charge in [-0.05, 0) is 5.25 Å². The van der Waals surface area contributed by atoms with Crippen LogP contribution in [-0.2, 0) is 19.2 Å². The van der Waals surface area contributed by atoms with Gasteiger partial charge in [-0.25, -0.2) is 4.79 Å². The molecule has 0 unspecified atom stereocenters. The van der Waals surface area contributed by atoms with Gasteiger partial charge < -0.3 is 4.84 Å². The third-order valence-corrected chi connectivity index (χ3v) is 3.06. The van der Waals surface area contributed by atoms with Gasteiger partial charge in [0.15, 0.2) is 0 Å². The van der Waals surface area contributed by atoms with Crippen LogP contribution in [-0.4, -0.2) is 33.8 Å². The van der Waals surface area contributed by atoms with Crippen molar-refractivity contribution in [3.63, 3.8) is 0 Å². The van der Waals surface area contributed by atoms with E-state index >= 15 is 0 Å². The Hall–Kier alpha value is -1.04. The van der Waals surface area contributed by atoms with E-state index in [9.17, 15) is 14.4 Å². The quantitative estimate of drug-likeness (QED) is 0.679. The van der Waals surface area contributed by atoms with Gasteiger partial charge in [-0.3, -0.25) is 9.59 Å². The molecule has 5 nitrogen and oxygen atoms in total. The molecule has 0 atom stereocenters. The fourth-order valence-electron chi connectivity index (χ4n) is 1.18. The molecule has 16 heavy (non-hydrogen) atoms. The molecule has 0 N–H and O–H groups in total. The van der Waals surface area contributed by atoms with Gasteiger partial charge in [-0.1, -0.05) is 13.8 Å². The Morgan fingerprint density at radius 3 is 2.44 bits per heavy atom. The number of carbonyl (C=O) groups excluding carboxylic acids is 3. The van der Waals surface area contributed by atoms with Crippen molar-refractivity contribution in [3.05, 3.63) is 0 Å². The first-order valence-electron chi connectivity index (χ1n) is 5.19. The Morgan fingerprint density at radius 1 is 1.38 bits per heavy atom. The second kappa shape index (κ2) is 5.89. The maximum Gasteiger partial charge on any atom is 0.334 e. The molecule has 1 heterocycles. The summed E-state index contributed by atoms with van der Waals surface area (Å²) in [5, 5.41) is 1.03. The summed E-state index contributed by atoms with van der Waals surface area (Å²) in [5.74, 6) is -0.770. The fourth-order valence-corrected chi connectivity index (χ4v) is 1.94. The Labute approximate surface area is 98.5 Å². The lowest BCUT2D eigenvalue weighted by Gasteiger charge is -2.12. The first-order chi connectivity index (χ1) is 7.50. The predicted molar refractivity (Wildman–Crippen MR) is 59.4 cm³/mol. The molecule has 0 radical (unpaired) electrons. The van der Waals surface area contributed by atoms with E-state index in [0.717, 1.165) is 0 Å². The third kappa shape index (κ3) is 3.84. The van der Waals surface area contributed by atoms with Crippen LogP contribution < -0.4 is 0 Å². The maximum absolute atomic E-state index is 11.3. The van der Waals surface area contributed by atoms with Gasteiger partial charge in [-0.15, -0.1) is 5.06 Å². The first kappa shape index (κ1) is 13.0. The smallest absolute Gasteiger partial charge is 0.330 e. The van der Waals surface area contributed by atoms with Crippen molar-refractivity contribution < 1.29 is 19.2 Å². The van der Waals surface area contributed by atoms with Crippen LogP contribution >= 0.6 is 11.8 Å². The molecule has 1 saturated heterocycles. The number of rotatable bonds is 5. The SMILES string of the molecule is CC(C)SCCC(=O)ON1C(=O)CCC1=O. The number of hydrogen-bond acceptors (Lipinski definition) is 5. The number of thioether (sulfide) groups is 1. The summed E-state index contributed by atoms with van der Waals surface area (Å²) >= 11 is 1.63. The number of hydrogen-bond donors (Lipinski definition) is 0. The normalized spacial score (nSPS) is 16.1. The second-order valence-electron chi connectivity index (χ2n) is 3.71. The lowest BCUT2D eigenvalue weighted by Crippen LogP contribution is -2.32. The summed E-state index contributed by atoms with van der Waals surface area (Å²) in [4.78, 5) is 38.2. The molecule has 0 bridgehead atoms. The van der Waals surface area contributed by atoms with E-state index < -0.39 is 17.8 Å². The van der Waals surface area contributed by atoms with Gasteiger partial charge in [0.25, 0.3) is 11.8 Å². The summed E-state index contributed by atoms with van der Waals surface area (Å²) in [6.07, 6.45) is 0.472. The molecule has 0 aromatic heterocycles. The van der Waals surface area contributed by atoms with E-state index in [0.29, 0.717) is 16.1 Å². The standard InChI is InChI=1S/C10H15NO4S/c1-7(2)16-6-5-10(14)15-11-8(12)3-4-9(11)13/h7H,3-6H2,1-2H3. The number of imide groups is 1. The van der Waals surface area contributed by atoms with Crippen LogP contribution in [0.1, 0.15) is 33.1 Å². The zero-order chi connectivity index (χ0) is 12.1. The van der Waals surface area contributed by atoms with Crippen molar-refractivity contribution in [3.8, 4) is 0 Å².